The second kappa shape index (κ2) is 11.9. The number of hydrogen-bond donors (Lipinski definition) is 0. The molecule has 4 aromatic rings. The third-order valence-electron chi connectivity index (χ3n) is 6.41. The molecule has 0 bridgehead atoms. The van der Waals surface area contributed by atoms with Crippen LogP contribution < -0.4 is 4.90 Å². The summed E-state index contributed by atoms with van der Waals surface area (Å²) in [6.45, 7) is 7.63. The molecule has 36 heavy (non-hydrogen) atoms. The molecule has 0 saturated heterocycles. The van der Waals surface area contributed by atoms with E-state index in [1.165, 1.54) is 77.6 Å². The average Bonchev–Trinajstić information content (AvgIpc) is 2.88. The molecule has 1 aliphatic rings. The summed E-state index contributed by atoms with van der Waals surface area (Å²) >= 11 is 5.61. The van der Waals surface area contributed by atoms with Gasteiger partial charge in [-0.25, -0.2) is 0 Å². The number of anilines is 2. The van der Waals surface area contributed by atoms with Gasteiger partial charge in [-0.05, 0) is 80.9 Å². The molecule has 4 aromatic carbocycles. The zero-order chi connectivity index (χ0) is 24.9. The Morgan fingerprint density at radius 3 is 1.53 bits per heavy atom. The van der Waals surface area contributed by atoms with Gasteiger partial charge < -0.3 is 4.90 Å². The van der Waals surface area contributed by atoms with Crippen LogP contribution in [0.25, 0.3) is 0 Å². The number of hydrogen-bond acceptors (Lipinski definition) is 4. The van der Waals surface area contributed by atoms with Gasteiger partial charge in [0.15, 0.2) is 0 Å². The largest absolute Gasteiger partial charge is 0.340 e. The zero-order valence-corrected chi connectivity index (χ0v) is 23.7. The fraction of sp³-hybridized carbons (Fsp3) is 0.250. The second-order valence-corrected chi connectivity index (χ2v) is 12.8. The highest BCUT2D eigenvalue weighted by Gasteiger charge is 2.24. The maximum atomic E-state index is 2.55. The molecular weight excluding hydrogens is 495 g/mol. The van der Waals surface area contributed by atoms with Crippen LogP contribution in [-0.2, 0) is 0 Å². The molecule has 1 nitrogen and oxygen atoms in total. The van der Waals surface area contributed by atoms with E-state index in [0.717, 1.165) is 6.54 Å². The van der Waals surface area contributed by atoms with E-state index in [0.29, 0.717) is 0 Å². The van der Waals surface area contributed by atoms with E-state index >= 15 is 0 Å². The number of fused-ring (bicyclic) bond motifs is 2. The normalized spacial score (nSPS) is 12.4. The summed E-state index contributed by atoms with van der Waals surface area (Å²) in [5.41, 5.74) is 5.29. The zero-order valence-electron chi connectivity index (χ0n) is 21.3. The first-order valence-corrected chi connectivity index (χ1v) is 15.3. The van der Waals surface area contributed by atoms with Crippen LogP contribution in [0, 0.1) is 13.8 Å². The van der Waals surface area contributed by atoms with Crippen LogP contribution in [0.15, 0.2) is 114 Å². The minimum atomic E-state index is 1.06. The van der Waals surface area contributed by atoms with Crippen molar-refractivity contribution in [1.82, 2.24) is 0 Å². The van der Waals surface area contributed by atoms with Gasteiger partial charge in [-0.1, -0.05) is 96.9 Å². The molecule has 0 spiro atoms. The van der Waals surface area contributed by atoms with E-state index in [-0.39, 0.29) is 0 Å². The Morgan fingerprint density at radius 2 is 1.06 bits per heavy atom. The second-order valence-electron chi connectivity index (χ2n) is 9.40. The molecule has 0 aliphatic carbocycles. The Bertz CT molecular complexity index is 1220. The molecular formula is C32H33NS3. The van der Waals surface area contributed by atoms with Crippen molar-refractivity contribution < 1.29 is 0 Å². The Balaban J connectivity index is 1.43. The lowest BCUT2D eigenvalue weighted by Crippen LogP contribution is -2.22. The first-order chi connectivity index (χ1) is 17.6. The molecule has 0 saturated carbocycles. The Hall–Kier alpha value is -2.27. The van der Waals surface area contributed by atoms with Crippen molar-refractivity contribution in [3.05, 3.63) is 96.1 Å². The maximum absolute atomic E-state index is 2.55. The van der Waals surface area contributed by atoms with Crippen molar-refractivity contribution in [1.29, 1.82) is 0 Å². The van der Waals surface area contributed by atoms with Gasteiger partial charge in [-0.15, -0.1) is 0 Å². The van der Waals surface area contributed by atoms with Crippen LogP contribution in [-0.4, -0.2) is 6.54 Å². The fourth-order valence-electron chi connectivity index (χ4n) is 4.40. The highest BCUT2D eigenvalue weighted by molar-refractivity contribution is 8.00. The number of nitrogens with zero attached hydrogens (tertiary/aromatic N) is 1. The first-order valence-electron chi connectivity index (χ1n) is 12.8. The van der Waals surface area contributed by atoms with Crippen LogP contribution in [0.5, 0.6) is 0 Å². The van der Waals surface area contributed by atoms with E-state index < -0.39 is 0 Å². The first kappa shape index (κ1) is 25.4. The van der Waals surface area contributed by atoms with E-state index in [2.05, 4.69) is 111 Å². The van der Waals surface area contributed by atoms with Crippen LogP contribution in [0.3, 0.4) is 0 Å². The topological polar surface area (TPSA) is 3.24 Å². The maximum Gasteiger partial charge on any atom is 0.0553 e. The van der Waals surface area contributed by atoms with E-state index in [1.54, 1.807) is 0 Å². The number of benzene rings is 4. The number of unbranched alkanes of at least 4 members (excludes halogenated alkanes) is 3. The van der Waals surface area contributed by atoms with Crippen LogP contribution >= 0.6 is 35.3 Å². The van der Waals surface area contributed by atoms with Crippen LogP contribution in [0.1, 0.15) is 43.7 Å². The van der Waals surface area contributed by atoms with Crippen molar-refractivity contribution in [3.63, 3.8) is 0 Å². The van der Waals surface area contributed by atoms with E-state index in [4.69, 9.17) is 0 Å². The highest BCUT2D eigenvalue weighted by atomic mass is 32.2. The van der Waals surface area contributed by atoms with Gasteiger partial charge >= 0.3 is 0 Å². The quantitative estimate of drug-likeness (QED) is 0.199. The van der Waals surface area contributed by atoms with Crippen molar-refractivity contribution in [2.75, 3.05) is 11.4 Å². The molecule has 0 N–H and O–H groups in total. The molecule has 5 rings (SSSR count). The fourth-order valence-corrected chi connectivity index (χ4v) is 7.43. The molecule has 1 heterocycles. The summed E-state index contributed by atoms with van der Waals surface area (Å²) in [6, 6.07) is 31.6. The minimum absolute atomic E-state index is 1.06. The Labute approximate surface area is 229 Å². The molecule has 0 unspecified atom stereocenters. The van der Waals surface area contributed by atoms with E-state index in [9.17, 15) is 0 Å². The molecule has 0 aromatic heterocycles. The van der Waals surface area contributed by atoms with Crippen molar-refractivity contribution in [3.8, 4) is 0 Å². The van der Waals surface area contributed by atoms with Crippen LogP contribution in [0.4, 0.5) is 11.4 Å². The molecule has 4 heteroatoms. The molecule has 184 valence electrons. The van der Waals surface area contributed by atoms with Gasteiger partial charge in [0.2, 0.25) is 0 Å². The lowest BCUT2D eigenvalue weighted by Gasteiger charge is -2.33. The summed E-state index contributed by atoms with van der Waals surface area (Å²) < 4.78 is 0. The predicted octanol–water partition coefficient (Wildman–Crippen LogP) is 10.8. The Morgan fingerprint density at radius 1 is 0.583 bits per heavy atom. The summed E-state index contributed by atoms with van der Waals surface area (Å²) in [5.74, 6) is 0. The lowest BCUT2D eigenvalue weighted by molar-refractivity contribution is 0.665. The van der Waals surface area contributed by atoms with Gasteiger partial charge in [-0.3, -0.25) is 0 Å². The van der Waals surface area contributed by atoms with Gasteiger partial charge in [-0.2, -0.15) is 0 Å². The van der Waals surface area contributed by atoms with Crippen molar-refractivity contribution in [2.45, 2.75) is 75.8 Å². The number of rotatable bonds is 9. The Kier molecular flexibility index (Phi) is 8.36. The highest BCUT2D eigenvalue weighted by Crippen LogP contribution is 2.50. The van der Waals surface area contributed by atoms with Gasteiger partial charge in [0.25, 0.3) is 0 Å². The average molecular weight is 528 g/mol. The van der Waals surface area contributed by atoms with E-state index in [1.807, 2.05) is 35.3 Å². The summed E-state index contributed by atoms with van der Waals surface area (Å²) in [7, 11) is 0. The molecule has 0 radical (unpaired) electrons. The lowest BCUT2D eigenvalue weighted by atomic mass is 10.1. The van der Waals surface area contributed by atoms with Crippen molar-refractivity contribution >= 4 is 46.7 Å². The third-order valence-corrected chi connectivity index (χ3v) is 9.50. The monoisotopic (exact) mass is 527 g/mol. The predicted molar refractivity (Wildman–Crippen MR) is 159 cm³/mol. The number of aryl methyl sites for hydroxylation is 2. The minimum Gasteiger partial charge on any atom is -0.340 e. The van der Waals surface area contributed by atoms with Gasteiger partial charge in [0.1, 0.15) is 0 Å². The molecule has 1 aliphatic heterocycles. The molecule has 0 fully saturated rings. The summed E-state index contributed by atoms with van der Waals surface area (Å²) in [6.07, 6.45) is 5.08. The summed E-state index contributed by atoms with van der Waals surface area (Å²) in [4.78, 5) is 10.4. The van der Waals surface area contributed by atoms with Crippen LogP contribution in [0.2, 0.25) is 0 Å². The smallest absolute Gasteiger partial charge is 0.0553 e. The van der Waals surface area contributed by atoms with Gasteiger partial charge in [0, 0.05) is 35.9 Å². The molecule has 0 atom stereocenters. The molecule has 0 amide bonds. The van der Waals surface area contributed by atoms with Gasteiger partial charge in [0.05, 0.1) is 11.4 Å². The van der Waals surface area contributed by atoms with Crippen molar-refractivity contribution in [2.24, 2.45) is 0 Å². The SMILES string of the molecule is CCCCCCN1c2ccc(Sc3ccc(C)cc3)cc2Sc2cc(Sc3ccc(C)cc3)ccc21. The standard InChI is InChI=1S/C32H33NS3/c1-4-5-6-7-20-33-29-18-16-27(34-25-12-8-23(2)9-13-25)21-31(29)36-32-22-28(17-19-30(32)33)35-26-14-10-24(3)11-15-26/h8-19,21-22H,4-7,20H2,1-3H3. The summed E-state index contributed by atoms with van der Waals surface area (Å²) in [5, 5.41) is 0. The third kappa shape index (κ3) is 6.16.